The fourth-order valence-electron chi connectivity index (χ4n) is 8.26. The number of alkyl halides is 14. The van der Waals surface area contributed by atoms with Crippen molar-refractivity contribution in [1.29, 1.82) is 0 Å². The third kappa shape index (κ3) is 16.0. The Morgan fingerprint density at radius 3 is 1.33 bits per heavy atom. The predicted octanol–water partition coefficient (Wildman–Crippen LogP) is 15.3. The SMILES string of the molecule is O=C(Oc1ccc(OC(=O)c2ccc(OCCCCCCCCC(F)(F)C(F)(F)C(F)(F)F)cc2)c(COC(=O)C2CC3C=CC2C3)c1)c1ccc(OCCCCCCCCC(F)(F)C(F)(F)C(F)(F)F)cc1. The molecule has 0 aliphatic heterocycles. The Hall–Kier alpha value is -5.57. The van der Waals surface area contributed by atoms with Gasteiger partial charge in [0.15, 0.2) is 0 Å². The van der Waals surface area contributed by atoms with E-state index in [1.165, 1.54) is 66.7 Å². The number of allylic oxidation sites excluding steroid dienone is 2. The maximum atomic E-state index is 13.5. The van der Waals surface area contributed by atoms with E-state index in [0.717, 1.165) is 6.42 Å². The standard InChI is InChI=1S/C51H54F14O8/c52-46(53,48(56,57)50(60,61)62)25-9-5-1-3-7-11-27-69-38-19-15-34(16-20-38)43(66)72-40-23-24-42(37(31-40)32-71-45(68)41-30-33-13-14-36(41)29-33)73-44(67)35-17-21-39(22-18-35)70-28-12-8-4-2-6-10-26-47(54,55)49(58,59)51(63,64)65/h13-24,31,33,36,41H,1-12,25-30,32H2. The first-order valence-corrected chi connectivity index (χ1v) is 23.7. The van der Waals surface area contributed by atoms with Gasteiger partial charge in [-0.15, -0.1) is 0 Å². The van der Waals surface area contributed by atoms with Crippen LogP contribution < -0.4 is 18.9 Å². The highest BCUT2D eigenvalue weighted by atomic mass is 19.4. The number of hydrogen-bond donors (Lipinski definition) is 0. The van der Waals surface area contributed by atoms with E-state index in [-0.39, 0.29) is 72.7 Å². The summed E-state index contributed by atoms with van der Waals surface area (Å²) in [6.07, 6.45) is -7.36. The van der Waals surface area contributed by atoms with Crippen LogP contribution in [-0.2, 0) is 16.1 Å². The smallest absolute Gasteiger partial charge is 0.459 e. The number of carbonyl (C=O) groups is 3. The van der Waals surface area contributed by atoms with Crippen LogP contribution in [0, 0.1) is 17.8 Å². The molecule has 22 heteroatoms. The summed E-state index contributed by atoms with van der Waals surface area (Å²) in [7, 11) is 0. The summed E-state index contributed by atoms with van der Waals surface area (Å²) in [5.41, 5.74) is 0.466. The zero-order valence-electron chi connectivity index (χ0n) is 39.2. The third-order valence-corrected chi connectivity index (χ3v) is 12.5. The Bertz CT molecular complexity index is 2300. The van der Waals surface area contributed by atoms with E-state index in [1.807, 2.05) is 6.08 Å². The van der Waals surface area contributed by atoms with E-state index < -0.39 is 79.6 Å². The van der Waals surface area contributed by atoms with Gasteiger partial charge in [0.2, 0.25) is 0 Å². The van der Waals surface area contributed by atoms with Crippen molar-refractivity contribution < 1.29 is 99.5 Å². The molecule has 5 rings (SSSR count). The molecule has 8 nitrogen and oxygen atoms in total. The summed E-state index contributed by atoms with van der Waals surface area (Å²) in [5.74, 6) is -23.7. The van der Waals surface area contributed by atoms with Crippen LogP contribution in [0.3, 0.4) is 0 Å². The molecule has 0 saturated heterocycles. The molecule has 3 aromatic rings. The second kappa shape index (κ2) is 25.1. The summed E-state index contributed by atoms with van der Waals surface area (Å²) in [6, 6.07) is 16.0. The maximum absolute atomic E-state index is 13.5. The first-order chi connectivity index (χ1) is 34.2. The van der Waals surface area contributed by atoms with Gasteiger partial charge in [0.1, 0.15) is 29.6 Å². The summed E-state index contributed by atoms with van der Waals surface area (Å²) in [4.78, 5) is 39.6. The van der Waals surface area contributed by atoms with Gasteiger partial charge in [0.05, 0.1) is 30.3 Å². The minimum atomic E-state index is -6.35. The van der Waals surface area contributed by atoms with Crippen LogP contribution >= 0.6 is 0 Å². The Kier molecular flexibility index (Phi) is 20.1. The van der Waals surface area contributed by atoms with E-state index in [0.29, 0.717) is 75.2 Å². The normalized spacial score (nSPS) is 17.2. The van der Waals surface area contributed by atoms with Crippen LogP contribution in [-0.4, -0.2) is 67.2 Å². The van der Waals surface area contributed by atoms with Gasteiger partial charge in [0, 0.05) is 18.4 Å². The first kappa shape index (κ1) is 58.3. The van der Waals surface area contributed by atoms with Crippen molar-refractivity contribution in [2.45, 2.75) is 145 Å². The number of fused-ring (bicyclic) bond motifs is 2. The largest absolute Gasteiger partial charge is 0.494 e. The minimum absolute atomic E-state index is 0.0112. The number of unbranched alkanes of at least 4 members (excludes halogenated alkanes) is 10. The lowest BCUT2D eigenvalue weighted by Gasteiger charge is -2.28. The van der Waals surface area contributed by atoms with Crippen molar-refractivity contribution in [1.82, 2.24) is 0 Å². The lowest BCUT2D eigenvalue weighted by molar-refractivity contribution is -0.356. The molecule has 1 fully saturated rings. The van der Waals surface area contributed by atoms with Gasteiger partial charge >= 0.3 is 54.0 Å². The molecule has 3 atom stereocenters. The molecule has 1 saturated carbocycles. The molecule has 0 spiro atoms. The van der Waals surface area contributed by atoms with Crippen LogP contribution in [0.1, 0.15) is 129 Å². The molecule has 404 valence electrons. The van der Waals surface area contributed by atoms with Gasteiger partial charge in [-0.2, -0.15) is 61.5 Å². The number of hydrogen-bond acceptors (Lipinski definition) is 8. The molecule has 3 unspecified atom stereocenters. The molecule has 0 amide bonds. The van der Waals surface area contributed by atoms with Crippen LogP contribution in [0.5, 0.6) is 23.0 Å². The molecular formula is C51H54F14O8. The lowest BCUT2D eigenvalue weighted by atomic mass is 9.94. The van der Waals surface area contributed by atoms with Crippen molar-refractivity contribution in [3.63, 3.8) is 0 Å². The summed E-state index contributed by atoms with van der Waals surface area (Å²) in [6.45, 7) is 0.129. The Balaban J connectivity index is 1.06. The van der Waals surface area contributed by atoms with E-state index in [4.69, 9.17) is 23.7 Å². The highest BCUT2D eigenvalue weighted by Gasteiger charge is 2.73. The second-order valence-electron chi connectivity index (χ2n) is 18.1. The van der Waals surface area contributed by atoms with E-state index in [1.54, 1.807) is 0 Å². The van der Waals surface area contributed by atoms with Crippen LogP contribution in [0.25, 0.3) is 0 Å². The summed E-state index contributed by atoms with van der Waals surface area (Å²) in [5, 5.41) is 0. The number of esters is 3. The van der Waals surface area contributed by atoms with Gasteiger partial charge < -0.3 is 23.7 Å². The van der Waals surface area contributed by atoms with Crippen molar-refractivity contribution >= 4 is 17.9 Å². The molecule has 3 aromatic carbocycles. The van der Waals surface area contributed by atoms with Gasteiger partial charge in [-0.25, -0.2) is 9.59 Å². The highest BCUT2D eigenvalue weighted by molar-refractivity contribution is 5.92. The number of halogens is 14. The Morgan fingerprint density at radius 1 is 0.479 bits per heavy atom. The van der Waals surface area contributed by atoms with E-state index >= 15 is 0 Å². The third-order valence-electron chi connectivity index (χ3n) is 12.5. The molecular weight excluding hydrogens is 1010 g/mol. The minimum Gasteiger partial charge on any atom is -0.494 e. The van der Waals surface area contributed by atoms with Crippen molar-refractivity contribution in [3.8, 4) is 23.0 Å². The van der Waals surface area contributed by atoms with Crippen LogP contribution in [0.15, 0.2) is 78.9 Å². The molecule has 0 heterocycles. The zero-order valence-corrected chi connectivity index (χ0v) is 39.2. The van der Waals surface area contributed by atoms with E-state index in [2.05, 4.69) is 6.08 Å². The van der Waals surface area contributed by atoms with Crippen molar-refractivity contribution in [2.24, 2.45) is 17.8 Å². The molecule has 0 N–H and O–H groups in total. The molecule has 0 aromatic heterocycles. The zero-order chi connectivity index (χ0) is 53.7. The van der Waals surface area contributed by atoms with Crippen molar-refractivity contribution in [2.75, 3.05) is 13.2 Å². The van der Waals surface area contributed by atoms with Gasteiger partial charge in [-0.3, -0.25) is 4.79 Å². The molecule has 2 bridgehead atoms. The first-order valence-electron chi connectivity index (χ1n) is 23.7. The average Bonchev–Trinajstić information content (AvgIpc) is 3.97. The monoisotopic (exact) mass is 1060 g/mol. The molecule has 2 aliphatic rings. The van der Waals surface area contributed by atoms with Crippen molar-refractivity contribution in [3.05, 3.63) is 95.6 Å². The topological polar surface area (TPSA) is 97.4 Å². The van der Waals surface area contributed by atoms with Gasteiger partial charge in [0.25, 0.3) is 0 Å². The highest BCUT2D eigenvalue weighted by Crippen LogP contribution is 2.50. The fourth-order valence-corrected chi connectivity index (χ4v) is 8.26. The number of carbonyl (C=O) groups excluding carboxylic acids is 3. The molecule has 2 aliphatic carbocycles. The summed E-state index contributed by atoms with van der Waals surface area (Å²) >= 11 is 0. The lowest BCUT2D eigenvalue weighted by Crippen LogP contribution is -2.51. The maximum Gasteiger partial charge on any atom is 0.459 e. The summed E-state index contributed by atoms with van der Waals surface area (Å²) < 4.78 is 208. The number of rotatable bonds is 29. The molecule has 73 heavy (non-hydrogen) atoms. The number of ether oxygens (including phenoxy) is 5. The van der Waals surface area contributed by atoms with Gasteiger partial charge in [-0.1, -0.05) is 63.5 Å². The predicted molar refractivity (Wildman–Crippen MR) is 235 cm³/mol. The van der Waals surface area contributed by atoms with Gasteiger partial charge in [-0.05, 0) is 117 Å². The van der Waals surface area contributed by atoms with Crippen LogP contribution in [0.2, 0.25) is 0 Å². The Morgan fingerprint density at radius 2 is 0.904 bits per heavy atom. The number of benzene rings is 3. The molecule has 0 radical (unpaired) electrons. The van der Waals surface area contributed by atoms with E-state index in [9.17, 15) is 75.8 Å². The second-order valence-corrected chi connectivity index (χ2v) is 18.1. The average molecular weight is 1060 g/mol. The fraction of sp³-hybridized carbons (Fsp3) is 0.549. The van der Waals surface area contributed by atoms with Crippen LogP contribution in [0.4, 0.5) is 61.5 Å². The quantitative estimate of drug-likeness (QED) is 0.0223. The Labute approximate surface area is 411 Å².